The summed E-state index contributed by atoms with van der Waals surface area (Å²) in [5.41, 5.74) is 0. The topological polar surface area (TPSA) is 49.4 Å². The number of carbonyl (C=O) groups is 2. The maximum absolute atomic E-state index is 13.0. The van der Waals surface area contributed by atoms with E-state index in [9.17, 15) is 9.59 Å². The Morgan fingerprint density at radius 1 is 1.24 bits per heavy atom. The van der Waals surface area contributed by atoms with Crippen LogP contribution in [0.15, 0.2) is 0 Å². The van der Waals surface area contributed by atoms with Gasteiger partial charge in [-0.05, 0) is 36.2 Å². The minimum atomic E-state index is -0.341. The van der Waals surface area contributed by atoms with Crippen LogP contribution in [0.3, 0.4) is 0 Å². The van der Waals surface area contributed by atoms with E-state index in [-0.39, 0.29) is 41.8 Å². The summed E-state index contributed by atoms with van der Waals surface area (Å²) in [5, 5.41) is 2.98. The first-order valence-corrected chi connectivity index (χ1v) is 9.33. The quantitative estimate of drug-likeness (QED) is 0.866. The molecule has 120 valence electrons. The third-order valence-electron chi connectivity index (χ3n) is 4.82. The molecule has 2 amide bonds. The van der Waals surface area contributed by atoms with Crippen LogP contribution < -0.4 is 5.32 Å². The number of piperazine rings is 1. The molecule has 2 aliphatic heterocycles. The minimum absolute atomic E-state index is 0.0353. The molecule has 2 aliphatic rings. The van der Waals surface area contributed by atoms with Gasteiger partial charge < -0.3 is 10.2 Å². The number of hydrogen-bond acceptors (Lipinski definition) is 3. The van der Waals surface area contributed by atoms with E-state index in [0.717, 1.165) is 30.8 Å². The summed E-state index contributed by atoms with van der Waals surface area (Å²) in [6.07, 6.45) is 2.93. The van der Waals surface area contributed by atoms with Crippen LogP contribution in [-0.2, 0) is 9.59 Å². The van der Waals surface area contributed by atoms with Crippen molar-refractivity contribution in [2.24, 2.45) is 11.8 Å². The number of thioether (sulfide) groups is 1. The van der Waals surface area contributed by atoms with Gasteiger partial charge in [-0.15, -0.1) is 0 Å². The lowest BCUT2D eigenvalue weighted by molar-refractivity contribution is -0.156. The molecule has 5 heteroatoms. The van der Waals surface area contributed by atoms with Crippen LogP contribution in [0.5, 0.6) is 0 Å². The molecule has 21 heavy (non-hydrogen) atoms. The second kappa shape index (κ2) is 7.03. The molecule has 4 nitrogen and oxygen atoms in total. The highest BCUT2D eigenvalue weighted by Crippen LogP contribution is 2.30. The van der Waals surface area contributed by atoms with Crippen molar-refractivity contribution in [3.8, 4) is 0 Å². The molecule has 0 saturated carbocycles. The number of hydrogen-bond donors (Lipinski definition) is 1. The first kappa shape index (κ1) is 16.7. The van der Waals surface area contributed by atoms with E-state index in [4.69, 9.17) is 0 Å². The van der Waals surface area contributed by atoms with Crippen molar-refractivity contribution in [2.75, 3.05) is 11.5 Å². The van der Waals surface area contributed by atoms with Crippen molar-refractivity contribution < 1.29 is 9.59 Å². The zero-order valence-corrected chi connectivity index (χ0v) is 14.4. The molecule has 0 aromatic heterocycles. The van der Waals surface area contributed by atoms with Crippen LogP contribution in [0, 0.1) is 11.8 Å². The third kappa shape index (κ3) is 3.38. The number of amides is 2. The normalized spacial score (nSPS) is 29.7. The monoisotopic (exact) mass is 312 g/mol. The van der Waals surface area contributed by atoms with Gasteiger partial charge in [-0.3, -0.25) is 9.59 Å². The highest BCUT2D eigenvalue weighted by Gasteiger charge is 2.46. The molecule has 2 heterocycles. The Morgan fingerprint density at radius 2 is 1.86 bits per heavy atom. The van der Waals surface area contributed by atoms with Crippen molar-refractivity contribution in [1.29, 1.82) is 0 Å². The van der Waals surface area contributed by atoms with Crippen LogP contribution in [0.1, 0.15) is 47.0 Å². The van der Waals surface area contributed by atoms with Crippen LogP contribution >= 0.6 is 11.8 Å². The molecular weight excluding hydrogens is 284 g/mol. The van der Waals surface area contributed by atoms with Crippen LogP contribution in [0.25, 0.3) is 0 Å². The van der Waals surface area contributed by atoms with Gasteiger partial charge in [0.2, 0.25) is 11.8 Å². The molecule has 0 bridgehead atoms. The standard InChI is InChI=1S/C16H28N2O2S/c1-5-11(4)13-16(20)18(12-6-8-21-9-7-12)14(10(2)3)15(19)17-13/h10-14H,5-9H2,1-4H3,(H,17,19). The summed E-state index contributed by atoms with van der Waals surface area (Å²) in [5.74, 6) is 2.70. The Hall–Kier alpha value is -0.710. The molecule has 0 radical (unpaired) electrons. The Morgan fingerprint density at radius 3 is 2.38 bits per heavy atom. The lowest BCUT2D eigenvalue weighted by atomic mass is 9.88. The Bertz CT molecular complexity index is 394. The molecule has 0 spiro atoms. The molecule has 3 unspecified atom stereocenters. The summed E-state index contributed by atoms with van der Waals surface area (Å²) in [4.78, 5) is 27.5. The van der Waals surface area contributed by atoms with Gasteiger partial charge in [-0.2, -0.15) is 11.8 Å². The predicted molar refractivity (Wildman–Crippen MR) is 87.2 cm³/mol. The van der Waals surface area contributed by atoms with E-state index >= 15 is 0 Å². The van der Waals surface area contributed by atoms with Crippen LogP contribution in [-0.4, -0.2) is 46.3 Å². The minimum Gasteiger partial charge on any atom is -0.342 e. The van der Waals surface area contributed by atoms with Gasteiger partial charge in [-0.1, -0.05) is 34.1 Å². The van der Waals surface area contributed by atoms with E-state index in [1.807, 2.05) is 37.4 Å². The smallest absolute Gasteiger partial charge is 0.246 e. The van der Waals surface area contributed by atoms with Crippen LogP contribution in [0.2, 0.25) is 0 Å². The Balaban J connectivity index is 2.27. The van der Waals surface area contributed by atoms with E-state index in [2.05, 4.69) is 12.2 Å². The fourth-order valence-corrected chi connectivity index (χ4v) is 4.42. The average Bonchev–Trinajstić information content (AvgIpc) is 2.48. The molecule has 1 N–H and O–H groups in total. The third-order valence-corrected chi connectivity index (χ3v) is 5.86. The van der Waals surface area contributed by atoms with Gasteiger partial charge in [0.25, 0.3) is 0 Å². The second-order valence-corrected chi connectivity index (χ2v) is 7.87. The van der Waals surface area contributed by atoms with Gasteiger partial charge in [0.05, 0.1) is 0 Å². The fourth-order valence-electron chi connectivity index (χ4n) is 3.34. The summed E-state index contributed by atoms with van der Waals surface area (Å²) >= 11 is 1.95. The van der Waals surface area contributed by atoms with Crippen molar-refractivity contribution >= 4 is 23.6 Å². The first-order chi connectivity index (χ1) is 9.97. The summed E-state index contributed by atoms with van der Waals surface area (Å²) in [6, 6.07) is -0.401. The molecule has 0 aromatic carbocycles. The lowest BCUT2D eigenvalue weighted by Crippen LogP contribution is -2.68. The fraction of sp³-hybridized carbons (Fsp3) is 0.875. The van der Waals surface area contributed by atoms with E-state index in [0.29, 0.717) is 0 Å². The molecule has 2 fully saturated rings. The molecule has 0 aromatic rings. The van der Waals surface area contributed by atoms with Gasteiger partial charge in [0.15, 0.2) is 0 Å². The van der Waals surface area contributed by atoms with Gasteiger partial charge >= 0.3 is 0 Å². The largest absolute Gasteiger partial charge is 0.342 e. The van der Waals surface area contributed by atoms with Crippen molar-refractivity contribution in [3.05, 3.63) is 0 Å². The number of rotatable bonds is 4. The molecule has 0 aliphatic carbocycles. The molecule has 3 atom stereocenters. The predicted octanol–water partition coefficient (Wildman–Crippen LogP) is 2.28. The number of carbonyl (C=O) groups excluding carboxylic acids is 2. The van der Waals surface area contributed by atoms with E-state index in [1.54, 1.807) is 0 Å². The molecular formula is C16H28N2O2S. The zero-order chi connectivity index (χ0) is 15.6. The maximum atomic E-state index is 13.0. The van der Waals surface area contributed by atoms with E-state index in [1.165, 1.54) is 0 Å². The summed E-state index contributed by atoms with van der Waals surface area (Å²) in [6.45, 7) is 8.19. The van der Waals surface area contributed by atoms with Gasteiger partial charge in [0.1, 0.15) is 12.1 Å². The summed E-state index contributed by atoms with van der Waals surface area (Å²) in [7, 11) is 0. The second-order valence-electron chi connectivity index (χ2n) is 6.65. The van der Waals surface area contributed by atoms with Crippen molar-refractivity contribution in [1.82, 2.24) is 10.2 Å². The Kier molecular flexibility index (Phi) is 5.58. The number of nitrogens with one attached hydrogen (secondary N) is 1. The van der Waals surface area contributed by atoms with E-state index < -0.39 is 0 Å². The lowest BCUT2D eigenvalue weighted by Gasteiger charge is -2.47. The highest BCUT2D eigenvalue weighted by atomic mass is 32.2. The van der Waals surface area contributed by atoms with Gasteiger partial charge in [-0.25, -0.2) is 0 Å². The van der Waals surface area contributed by atoms with Crippen molar-refractivity contribution in [2.45, 2.75) is 65.1 Å². The first-order valence-electron chi connectivity index (χ1n) is 8.17. The van der Waals surface area contributed by atoms with Gasteiger partial charge in [0, 0.05) is 6.04 Å². The highest BCUT2D eigenvalue weighted by molar-refractivity contribution is 7.99. The van der Waals surface area contributed by atoms with Crippen LogP contribution in [0.4, 0.5) is 0 Å². The average molecular weight is 312 g/mol. The summed E-state index contributed by atoms with van der Waals surface area (Å²) < 4.78 is 0. The molecule has 2 saturated heterocycles. The maximum Gasteiger partial charge on any atom is 0.246 e. The van der Waals surface area contributed by atoms with Crippen molar-refractivity contribution in [3.63, 3.8) is 0 Å². The molecule has 2 rings (SSSR count). The number of nitrogens with zero attached hydrogens (tertiary/aromatic N) is 1. The SMILES string of the molecule is CCC(C)C1NC(=O)C(C(C)C)N(C2CCSCC2)C1=O. The Labute approximate surface area is 132 Å². The zero-order valence-electron chi connectivity index (χ0n) is 13.6.